The Morgan fingerprint density at radius 3 is 2.80 bits per heavy atom. The molecule has 1 aromatic carbocycles. The highest BCUT2D eigenvalue weighted by atomic mass is 16.3. The SMILES string of the molecule is Cc1nn(-c2ccccc2)c(C)c1NC(=O)CCN1CCCC1CO. The van der Waals surface area contributed by atoms with Gasteiger partial charge in [-0.15, -0.1) is 0 Å². The summed E-state index contributed by atoms with van der Waals surface area (Å²) in [5.41, 5.74) is 3.50. The third kappa shape index (κ3) is 3.91. The monoisotopic (exact) mass is 342 g/mol. The van der Waals surface area contributed by atoms with Crippen LogP contribution in [0.5, 0.6) is 0 Å². The molecule has 1 aliphatic heterocycles. The molecule has 6 nitrogen and oxygen atoms in total. The van der Waals surface area contributed by atoms with Crippen LogP contribution < -0.4 is 5.32 Å². The number of hydrogen-bond acceptors (Lipinski definition) is 4. The summed E-state index contributed by atoms with van der Waals surface area (Å²) in [4.78, 5) is 14.6. The number of benzene rings is 1. The Labute approximate surface area is 148 Å². The lowest BCUT2D eigenvalue weighted by Crippen LogP contribution is -2.34. The lowest BCUT2D eigenvalue weighted by Gasteiger charge is -2.22. The largest absolute Gasteiger partial charge is 0.395 e. The van der Waals surface area contributed by atoms with Gasteiger partial charge in [-0.1, -0.05) is 18.2 Å². The fraction of sp³-hybridized carbons (Fsp3) is 0.474. The van der Waals surface area contributed by atoms with Gasteiger partial charge in [0.2, 0.25) is 5.91 Å². The van der Waals surface area contributed by atoms with Crippen molar-refractivity contribution in [2.45, 2.75) is 39.2 Å². The summed E-state index contributed by atoms with van der Waals surface area (Å²) in [5.74, 6) is -0.0117. The summed E-state index contributed by atoms with van der Waals surface area (Å²) in [6.07, 6.45) is 2.53. The minimum atomic E-state index is -0.0117. The van der Waals surface area contributed by atoms with Crippen LogP contribution in [-0.4, -0.2) is 51.4 Å². The number of amides is 1. The van der Waals surface area contributed by atoms with Crippen LogP contribution in [-0.2, 0) is 4.79 Å². The van der Waals surface area contributed by atoms with Crippen LogP contribution >= 0.6 is 0 Å². The van der Waals surface area contributed by atoms with Crippen molar-refractivity contribution >= 4 is 11.6 Å². The third-order valence-electron chi connectivity index (χ3n) is 4.89. The molecule has 1 aliphatic rings. The number of rotatable bonds is 6. The zero-order valence-corrected chi connectivity index (χ0v) is 14.9. The van der Waals surface area contributed by atoms with Crippen LogP contribution in [0.2, 0.25) is 0 Å². The predicted molar refractivity (Wildman–Crippen MR) is 98.0 cm³/mol. The second kappa shape index (κ2) is 7.80. The van der Waals surface area contributed by atoms with Crippen molar-refractivity contribution in [1.29, 1.82) is 0 Å². The third-order valence-corrected chi connectivity index (χ3v) is 4.89. The Kier molecular flexibility index (Phi) is 5.50. The molecule has 2 aromatic rings. The number of aliphatic hydroxyl groups is 1. The Morgan fingerprint density at radius 1 is 1.32 bits per heavy atom. The second-order valence-electron chi connectivity index (χ2n) is 6.61. The number of hydrogen-bond donors (Lipinski definition) is 2. The lowest BCUT2D eigenvalue weighted by atomic mass is 10.2. The highest BCUT2D eigenvalue weighted by molar-refractivity contribution is 5.92. The number of carbonyl (C=O) groups is 1. The van der Waals surface area contributed by atoms with E-state index in [2.05, 4.69) is 15.3 Å². The van der Waals surface area contributed by atoms with Gasteiger partial charge >= 0.3 is 0 Å². The van der Waals surface area contributed by atoms with Gasteiger partial charge in [-0.25, -0.2) is 4.68 Å². The second-order valence-corrected chi connectivity index (χ2v) is 6.61. The Morgan fingerprint density at radius 2 is 2.08 bits per heavy atom. The number of nitrogens with zero attached hydrogens (tertiary/aromatic N) is 3. The first kappa shape index (κ1) is 17.6. The maximum Gasteiger partial charge on any atom is 0.225 e. The molecule has 2 heterocycles. The van der Waals surface area contributed by atoms with E-state index in [1.807, 2.05) is 48.9 Å². The van der Waals surface area contributed by atoms with E-state index in [1.165, 1.54) is 0 Å². The predicted octanol–water partition coefficient (Wildman–Crippen LogP) is 2.27. The van der Waals surface area contributed by atoms with Gasteiger partial charge < -0.3 is 10.4 Å². The summed E-state index contributed by atoms with van der Waals surface area (Å²) in [6.45, 7) is 5.68. The van der Waals surface area contributed by atoms with Crippen LogP contribution in [0, 0.1) is 13.8 Å². The van der Waals surface area contributed by atoms with Gasteiger partial charge in [-0.2, -0.15) is 5.10 Å². The Hall–Kier alpha value is -2.18. The van der Waals surface area contributed by atoms with E-state index >= 15 is 0 Å². The van der Waals surface area contributed by atoms with Crippen molar-refractivity contribution in [3.05, 3.63) is 41.7 Å². The molecule has 1 amide bonds. The number of para-hydroxylation sites is 1. The van der Waals surface area contributed by atoms with E-state index in [-0.39, 0.29) is 18.6 Å². The summed E-state index contributed by atoms with van der Waals surface area (Å²) in [6, 6.07) is 10.1. The zero-order chi connectivity index (χ0) is 17.8. The number of likely N-dealkylation sites (tertiary alicyclic amines) is 1. The number of anilines is 1. The van der Waals surface area contributed by atoms with Crippen molar-refractivity contribution in [3.63, 3.8) is 0 Å². The van der Waals surface area contributed by atoms with E-state index < -0.39 is 0 Å². The molecule has 1 fully saturated rings. The summed E-state index contributed by atoms with van der Waals surface area (Å²) >= 11 is 0. The molecule has 1 aromatic heterocycles. The smallest absolute Gasteiger partial charge is 0.225 e. The first-order valence-electron chi connectivity index (χ1n) is 8.86. The first-order valence-corrected chi connectivity index (χ1v) is 8.86. The number of carbonyl (C=O) groups excluding carboxylic acids is 1. The fourth-order valence-corrected chi connectivity index (χ4v) is 3.49. The molecule has 3 rings (SSSR count). The van der Waals surface area contributed by atoms with Gasteiger partial charge in [0.15, 0.2) is 0 Å². The molecule has 1 saturated heterocycles. The summed E-state index contributed by atoms with van der Waals surface area (Å²) in [7, 11) is 0. The minimum Gasteiger partial charge on any atom is -0.395 e. The highest BCUT2D eigenvalue weighted by Crippen LogP contribution is 2.23. The Balaban J connectivity index is 1.65. The summed E-state index contributed by atoms with van der Waals surface area (Å²) < 4.78 is 1.85. The molecule has 0 radical (unpaired) electrons. The average molecular weight is 342 g/mol. The van der Waals surface area contributed by atoms with E-state index in [4.69, 9.17) is 0 Å². The highest BCUT2D eigenvalue weighted by Gasteiger charge is 2.24. The maximum absolute atomic E-state index is 12.4. The summed E-state index contributed by atoms with van der Waals surface area (Å²) in [5, 5.41) is 16.9. The molecule has 1 atom stereocenters. The van der Waals surface area contributed by atoms with Gasteiger partial charge in [0.25, 0.3) is 0 Å². The molecule has 6 heteroatoms. The zero-order valence-electron chi connectivity index (χ0n) is 14.9. The topological polar surface area (TPSA) is 70.4 Å². The molecule has 134 valence electrons. The number of aromatic nitrogens is 2. The van der Waals surface area contributed by atoms with Crippen molar-refractivity contribution in [1.82, 2.24) is 14.7 Å². The lowest BCUT2D eigenvalue weighted by molar-refractivity contribution is -0.116. The van der Waals surface area contributed by atoms with Crippen LogP contribution in [0.4, 0.5) is 5.69 Å². The van der Waals surface area contributed by atoms with Crippen molar-refractivity contribution in [3.8, 4) is 5.69 Å². The van der Waals surface area contributed by atoms with E-state index in [1.54, 1.807) is 0 Å². The van der Waals surface area contributed by atoms with Crippen molar-refractivity contribution < 1.29 is 9.90 Å². The molecular formula is C19H26N4O2. The molecule has 2 N–H and O–H groups in total. The van der Waals surface area contributed by atoms with Crippen molar-refractivity contribution in [2.75, 3.05) is 25.0 Å². The maximum atomic E-state index is 12.4. The Bertz CT molecular complexity index is 727. The van der Waals surface area contributed by atoms with Gasteiger partial charge in [0.1, 0.15) is 0 Å². The number of aliphatic hydroxyl groups excluding tert-OH is 1. The minimum absolute atomic E-state index is 0.0117. The van der Waals surface area contributed by atoms with Gasteiger partial charge in [0.05, 0.1) is 29.4 Å². The van der Waals surface area contributed by atoms with Gasteiger partial charge in [0, 0.05) is 19.0 Å². The molecule has 0 saturated carbocycles. The molecule has 25 heavy (non-hydrogen) atoms. The molecule has 0 spiro atoms. The van der Waals surface area contributed by atoms with E-state index in [0.717, 1.165) is 42.1 Å². The number of aryl methyl sites for hydroxylation is 1. The quantitative estimate of drug-likeness (QED) is 0.845. The van der Waals surface area contributed by atoms with Gasteiger partial charge in [-0.3, -0.25) is 9.69 Å². The van der Waals surface area contributed by atoms with Crippen LogP contribution in [0.15, 0.2) is 30.3 Å². The molecule has 1 unspecified atom stereocenters. The first-order chi connectivity index (χ1) is 12.1. The van der Waals surface area contributed by atoms with Crippen LogP contribution in [0.1, 0.15) is 30.7 Å². The van der Waals surface area contributed by atoms with Crippen molar-refractivity contribution in [2.24, 2.45) is 0 Å². The fourth-order valence-electron chi connectivity index (χ4n) is 3.49. The molecule has 0 bridgehead atoms. The standard InChI is InChI=1S/C19H26N4O2/c1-14-19(15(2)23(21-14)16-7-4-3-5-8-16)20-18(25)10-12-22-11-6-9-17(22)13-24/h3-5,7-8,17,24H,6,9-13H2,1-2H3,(H,20,25). The van der Waals surface area contributed by atoms with Gasteiger partial charge in [-0.05, 0) is 45.4 Å². The normalized spacial score (nSPS) is 17.8. The number of nitrogens with one attached hydrogen (secondary N) is 1. The van der Waals surface area contributed by atoms with Crippen LogP contribution in [0.3, 0.4) is 0 Å². The van der Waals surface area contributed by atoms with E-state index in [9.17, 15) is 9.90 Å². The van der Waals surface area contributed by atoms with Crippen LogP contribution in [0.25, 0.3) is 5.69 Å². The van der Waals surface area contributed by atoms with E-state index in [0.29, 0.717) is 13.0 Å². The molecule has 0 aliphatic carbocycles. The molecular weight excluding hydrogens is 316 g/mol. The average Bonchev–Trinajstić information content (AvgIpc) is 3.20.